The van der Waals surface area contributed by atoms with E-state index in [4.69, 9.17) is 0 Å². The fraction of sp³-hybridized carbons (Fsp3) is 0. The lowest BCUT2D eigenvalue weighted by molar-refractivity contribution is 0.109. The van der Waals surface area contributed by atoms with E-state index in [1.807, 2.05) is 72.8 Å². The predicted octanol–water partition coefficient (Wildman–Crippen LogP) is 3.56. The Hall–Kier alpha value is -4.54. The van der Waals surface area contributed by atoms with E-state index < -0.39 is 0 Å². The molecule has 4 heteroatoms. The molecule has 0 aliphatic heterocycles. The molecule has 3 aromatic carbocycles. The number of allylic oxidation sites excluding steroid dienone is 2. The van der Waals surface area contributed by atoms with Crippen molar-refractivity contribution in [3.63, 3.8) is 0 Å². The summed E-state index contributed by atoms with van der Waals surface area (Å²) < 4.78 is 0. The molecule has 0 saturated heterocycles. The van der Waals surface area contributed by atoms with Crippen LogP contribution in [-0.2, 0) is 0 Å². The molecule has 0 saturated carbocycles. The molecule has 0 unspecified atom stereocenters. The molecule has 0 N–H and O–H groups in total. The number of hydrogen-bond acceptors (Lipinski definition) is 4. The van der Waals surface area contributed by atoms with Gasteiger partial charge in [0.15, 0.2) is 12.6 Å². The van der Waals surface area contributed by atoms with Gasteiger partial charge < -0.3 is 0 Å². The highest BCUT2D eigenvalue weighted by Crippen LogP contribution is 2.28. The minimum Gasteiger partial charge on any atom is -0.298 e. The number of rotatable bonds is 4. The van der Waals surface area contributed by atoms with Crippen molar-refractivity contribution in [3.05, 3.63) is 93.4 Å². The van der Waals surface area contributed by atoms with Crippen LogP contribution in [0.1, 0.15) is 20.7 Å². The van der Waals surface area contributed by atoms with E-state index in [1.165, 1.54) is 0 Å². The van der Waals surface area contributed by atoms with Crippen molar-refractivity contribution >= 4 is 24.7 Å². The Labute approximate surface area is 172 Å². The summed E-state index contributed by atoms with van der Waals surface area (Å²) in [6.45, 7) is 0. The standard InChI is InChI=1S/C26H14N2O2/c27-13-20(14-28)19-11-21-22(12-19)26(18-9-5-2-6-10-18)24(16-30)23(15-29)25(21)17-7-3-1-4-8-17/h1-12,15-16H. The zero-order valence-corrected chi connectivity index (χ0v) is 15.8. The van der Waals surface area contributed by atoms with Crippen LogP contribution in [0.2, 0.25) is 0 Å². The Balaban J connectivity index is 2.28. The Kier molecular flexibility index (Phi) is 4.91. The molecule has 0 radical (unpaired) electrons. The molecule has 0 atom stereocenters. The molecule has 4 rings (SSSR count). The molecule has 0 heterocycles. The minimum absolute atomic E-state index is 0.0236. The number of nitrogens with zero attached hydrogens (tertiary/aromatic N) is 2. The van der Waals surface area contributed by atoms with Crippen LogP contribution in [-0.4, -0.2) is 12.6 Å². The van der Waals surface area contributed by atoms with Crippen molar-refractivity contribution in [1.82, 2.24) is 0 Å². The first-order valence-electron chi connectivity index (χ1n) is 9.22. The van der Waals surface area contributed by atoms with Crippen LogP contribution in [0, 0.1) is 22.7 Å². The average Bonchev–Trinajstić information content (AvgIpc) is 3.23. The first-order chi connectivity index (χ1) is 14.7. The molecule has 3 aromatic rings. The van der Waals surface area contributed by atoms with Crippen LogP contribution in [0.15, 0.2) is 71.8 Å². The highest BCUT2D eigenvalue weighted by Gasteiger charge is 2.22. The third-order valence-electron chi connectivity index (χ3n) is 5.13. The van der Waals surface area contributed by atoms with Crippen molar-refractivity contribution in [1.29, 1.82) is 10.5 Å². The molecule has 0 aromatic heterocycles. The SMILES string of the molecule is N#CC(C#N)=C1C=c2c(-c3ccccc3)c(C=O)c(C=O)c(-c3ccccc3)c2=C1. The Morgan fingerprint density at radius 1 is 0.667 bits per heavy atom. The van der Waals surface area contributed by atoms with Gasteiger partial charge in [0.1, 0.15) is 17.7 Å². The van der Waals surface area contributed by atoms with Gasteiger partial charge >= 0.3 is 0 Å². The van der Waals surface area contributed by atoms with Gasteiger partial charge in [0.05, 0.1) is 0 Å². The number of aldehydes is 2. The van der Waals surface area contributed by atoms with E-state index >= 15 is 0 Å². The summed E-state index contributed by atoms with van der Waals surface area (Å²) in [7, 11) is 0. The van der Waals surface area contributed by atoms with Crippen molar-refractivity contribution < 1.29 is 9.59 Å². The third-order valence-corrected chi connectivity index (χ3v) is 5.13. The Morgan fingerprint density at radius 2 is 1.07 bits per heavy atom. The van der Waals surface area contributed by atoms with Crippen molar-refractivity contribution in [3.8, 4) is 34.4 Å². The molecule has 0 bridgehead atoms. The van der Waals surface area contributed by atoms with E-state index in [9.17, 15) is 20.1 Å². The van der Waals surface area contributed by atoms with Crippen LogP contribution in [0.5, 0.6) is 0 Å². The van der Waals surface area contributed by atoms with E-state index in [2.05, 4.69) is 0 Å². The van der Waals surface area contributed by atoms with Crippen LogP contribution in [0.25, 0.3) is 34.4 Å². The van der Waals surface area contributed by atoms with Crippen LogP contribution in [0.4, 0.5) is 0 Å². The maximum Gasteiger partial charge on any atom is 0.151 e. The number of carbonyl (C=O) groups is 2. The van der Waals surface area contributed by atoms with E-state index in [0.717, 1.165) is 11.1 Å². The lowest BCUT2D eigenvalue weighted by Gasteiger charge is -2.14. The second-order valence-electron chi connectivity index (χ2n) is 6.72. The molecular formula is C26H14N2O2. The first kappa shape index (κ1) is 18.8. The van der Waals surface area contributed by atoms with E-state index in [-0.39, 0.29) is 16.7 Å². The first-order valence-corrected chi connectivity index (χ1v) is 9.22. The smallest absolute Gasteiger partial charge is 0.151 e. The lowest BCUT2D eigenvalue weighted by atomic mass is 9.87. The molecule has 1 aliphatic carbocycles. The molecular weight excluding hydrogens is 372 g/mol. The van der Waals surface area contributed by atoms with Crippen molar-refractivity contribution in [2.45, 2.75) is 0 Å². The maximum absolute atomic E-state index is 12.2. The quantitative estimate of drug-likeness (QED) is 0.507. The highest BCUT2D eigenvalue weighted by molar-refractivity contribution is 6.04. The second kappa shape index (κ2) is 7.83. The fourth-order valence-electron chi connectivity index (χ4n) is 3.86. The lowest BCUT2D eigenvalue weighted by Crippen LogP contribution is -2.30. The topological polar surface area (TPSA) is 81.7 Å². The Bertz CT molecular complexity index is 1310. The zero-order valence-electron chi connectivity index (χ0n) is 15.8. The van der Waals surface area contributed by atoms with Gasteiger partial charge in [0.2, 0.25) is 0 Å². The number of hydrogen-bond donors (Lipinski definition) is 0. The second-order valence-corrected chi connectivity index (χ2v) is 6.72. The van der Waals surface area contributed by atoms with Gasteiger partial charge in [0, 0.05) is 27.8 Å². The summed E-state index contributed by atoms with van der Waals surface area (Å²) >= 11 is 0. The fourth-order valence-corrected chi connectivity index (χ4v) is 3.86. The summed E-state index contributed by atoms with van der Waals surface area (Å²) in [4.78, 5) is 24.4. The molecule has 0 fully saturated rings. The number of benzene rings is 3. The minimum atomic E-state index is -0.0236. The molecule has 0 spiro atoms. The van der Waals surface area contributed by atoms with Crippen molar-refractivity contribution in [2.24, 2.45) is 0 Å². The number of carbonyl (C=O) groups excluding carboxylic acids is 2. The maximum atomic E-state index is 12.2. The van der Waals surface area contributed by atoms with Gasteiger partial charge in [-0.25, -0.2) is 0 Å². The van der Waals surface area contributed by atoms with E-state index in [0.29, 0.717) is 39.7 Å². The zero-order chi connectivity index (χ0) is 21.1. The van der Waals surface area contributed by atoms with Crippen LogP contribution >= 0.6 is 0 Å². The summed E-state index contributed by atoms with van der Waals surface area (Å²) in [5.74, 6) is 0. The molecule has 4 nitrogen and oxygen atoms in total. The predicted molar refractivity (Wildman–Crippen MR) is 115 cm³/mol. The Morgan fingerprint density at radius 3 is 1.40 bits per heavy atom. The van der Waals surface area contributed by atoms with Crippen LogP contribution in [0.3, 0.4) is 0 Å². The number of fused-ring (bicyclic) bond motifs is 1. The normalized spacial score (nSPS) is 11.3. The largest absolute Gasteiger partial charge is 0.298 e. The summed E-state index contributed by atoms with van der Waals surface area (Å²) in [6, 6.07) is 22.5. The van der Waals surface area contributed by atoms with Gasteiger partial charge in [-0.15, -0.1) is 0 Å². The average molecular weight is 386 g/mol. The summed E-state index contributed by atoms with van der Waals surface area (Å²) in [6.07, 6.45) is 4.88. The van der Waals surface area contributed by atoms with Gasteiger partial charge in [0.25, 0.3) is 0 Å². The molecule has 1 aliphatic rings. The van der Waals surface area contributed by atoms with Gasteiger partial charge in [-0.05, 0) is 33.7 Å². The van der Waals surface area contributed by atoms with Gasteiger partial charge in [-0.1, -0.05) is 60.7 Å². The third kappa shape index (κ3) is 2.94. The highest BCUT2D eigenvalue weighted by atomic mass is 16.1. The van der Waals surface area contributed by atoms with Gasteiger partial charge in [-0.2, -0.15) is 10.5 Å². The summed E-state index contributed by atoms with van der Waals surface area (Å²) in [5, 5.41) is 20.1. The van der Waals surface area contributed by atoms with Crippen LogP contribution < -0.4 is 10.4 Å². The number of nitriles is 2. The molecule has 140 valence electrons. The van der Waals surface area contributed by atoms with E-state index in [1.54, 1.807) is 12.2 Å². The molecule has 0 amide bonds. The molecule has 30 heavy (non-hydrogen) atoms. The van der Waals surface area contributed by atoms with Crippen molar-refractivity contribution in [2.75, 3.05) is 0 Å². The summed E-state index contributed by atoms with van der Waals surface area (Å²) in [5.41, 5.74) is 3.80. The van der Waals surface area contributed by atoms with Gasteiger partial charge in [-0.3, -0.25) is 9.59 Å². The monoisotopic (exact) mass is 386 g/mol.